The normalized spacial score (nSPS) is 10.3. The number of hydrogen-bond donors (Lipinski definition) is 0. The molecule has 0 N–H and O–H groups in total. The summed E-state index contributed by atoms with van der Waals surface area (Å²) in [5.41, 5.74) is 2.86. The maximum absolute atomic E-state index is 12.8. The molecule has 2 aromatic rings. The summed E-state index contributed by atoms with van der Waals surface area (Å²) in [7, 11) is 1.75. The van der Waals surface area contributed by atoms with Gasteiger partial charge in [0, 0.05) is 19.2 Å². The fourth-order valence-corrected chi connectivity index (χ4v) is 2.04. The van der Waals surface area contributed by atoms with Crippen LogP contribution in [0.4, 0.5) is 4.39 Å². The van der Waals surface area contributed by atoms with Gasteiger partial charge in [-0.2, -0.15) is 0 Å². The van der Waals surface area contributed by atoms with E-state index >= 15 is 0 Å². The van der Waals surface area contributed by atoms with Crippen molar-refractivity contribution < 1.29 is 9.18 Å². The predicted octanol–water partition coefficient (Wildman–Crippen LogP) is 3.66. The SMILES string of the molecule is CCc1ccc(CN(C)C(=O)c2ccc(F)cc2)cc1. The number of hydrogen-bond acceptors (Lipinski definition) is 1. The number of rotatable bonds is 4. The molecule has 104 valence electrons. The van der Waals surface area contributed by atoms with Crippen LogP contribution >= 0.6 is 0 Å². The zero-order valence-electron chi connectivity index (χ0n) is 11.8. The molecule has 0 unspecified atom stereocenters. The lowest BCUT2D eigenvalue weighted by atomic mass is 10.1. The lowest BCUT2D eigenvalue weighted by Gasteiger charge is -2.17. The van der Waals surface area contributed by atoms with E-state index in [1.807, 2.05) is 12.1 Å². The summed E-state index contributed by atoms with van der Waals surface area (Å²) in [5.74, 6) is -0.441. The van der Waals surface area contributed by atoms with Crippen molar-refractivity contribution in [3.05, 3.63) is 71.0 Å². The van der Waals surface area contributed by atoms with Crippen molar-refractivity contribution in [2.45, 2.75) is 19.9 Å². The van der Waals surface area contributed by atoms with Gasteiger partial charge in [0.25, 0.3) is 5.91 Å². The maximum Gasteiger partial charge on any atom is 0.253 e. The zero-order valence-corrected chi connectivity index (χ0v) is 11.8. The Balaban J connectivity index is 2.04. The molecule has 0 fully saturated rings. The predicted molar refractivity (Wildman–Crippen MR) is 78.0 cm³/mol. The van der Waals surface area contributed by atoms with Gasteiger partial charge in [0.15, 0.2) is 0 Å². The molecule has 20 heavy (non-hydrogen) atoms. The van der Waals surface area contributed by atoms with E-state index in [0.29, 0.717) is 12.1 Å². The molecule has 0 spiro atoms. The maximum atomic E-state index is 12.8. The summed E-state index contributed by atoms with van der Waals surface area (Å²) in [6, 6.07) is 13.8. The second kappa shape index (κ2) is 6.33. The molecule has 0 aliphatic rings. The van der Waals surface area contributed by atoms with Gasteiger partial charge in [0.05, 0.1) is 0 Å². The van der Waals surface area contributed by atoms with Crippen LogP contribution in [0.2, 0.25) is 0 Å². The molecule has 0 radical (unpaired) electrons. The van der Waals surface area contributed by atoms with Gasteiger partial charge in [-0.1, -0.05) is 31.2 Å². The molecule has 0 heterocycles. The van der Waals surface area contributed by atoms with Gasteiger partial charge in [-0.05, 0) is 41.8 Å². The average Bonchev–Trinajstić information content (AvgIpc) is 2.48. The molecule has 0 aliphatic heterocycles. The second-order valence-electron chi connectivity index (χ2n) is 4.84. The van der Waals surface area contributed by atoms with Crippen LogP contribution < -0.4 is 0 Å². The molecular formula is C17H18FNO. The molecule has 2 nitrogen and oxygen atoms in total. The van der Waals surface area contributed by atoms with Gasteiger partial charge in [-0.15, -0.1) is 0 Å². The van der Waals surface area contributed by atoms with Gasteiger partial charge in [-0.3, -0.25) is 4.79 Å². The number of benzene rings is 2. The highest BCUT2D eigenvalue weighted by Gasteiger charge is 2.11. The highest BCUT2D eigenvalue weighted by Crippen LogP contribution is 2.11. The average molecular weight is 271 g/mol. The van der Waals surface area contributed by atoms with Crippen molar-refractivity contribution in [2.24, 2.45) is 0 Å². The van der Waals surface area contributed by atoms with Crippen LogP contribution in [0.15, 0.2) is 48.5 Å². The molecule has 2 rings (SSSR count). The van der Waals surface area contributed by atoms with E-state index in [2.05, 4.69) is 19.1 Å². The second-order valence-corrected chi connectivity index (χ2v) is 4.84. The molecule has 1 amide bonds. The highest BCUT2D eigenvalue weighted by atomic mass is 19.1. The number of nitrogens with zero attached hydrogens (tertiary/aromatic N) is 1. The van der Waals surface area contributed by atoms with Crippen LogP contribution in [0.1, 0.15) is 28.4 Å². The minimum Gasteiger partial charge on any atom is -0.337 e. The molecule has 0 aromatic heterocycles. The van der Waals surface area contributed by atoms with E-state index < -0.39 is 0 Å². The Morgan fingerprint density at radius 2 is 1.55 bits per heavy atom. The topological polar surface area (TPSA) is 20.3 Å². The molecular weight excluding hydrogens is 253 g/mol. The number of aryl methyl sites for hydroxylation is 1. The number of carbonyl (C=O) groups is 1. The van der Waals surface area contributed by atoms with Crippen LogP contribution in [0, 0.1) is 5.82 Å². The van der Waals surface area contributed by atoms with E-state index in [0.717, 1.165) is 12.0 Å². The first-order chi connectivity index (χ1) is 9.60. The molecule has 0 bridgehead atoms. The summed E-state index contributed by atoms with van der Waals surface area (Å²) < 4.78 is 12.8. The minimum absolute atomic E-state index is 0.107. The number of amides is 1. The van der Waals surface area contributed by atoms with Gasteiger partial charge >= 0.3 is 0 Å². The standard InChI is InChI=1S/C17H18FNO/c1-3-13-4-6-14(7-5-13)12-19(2)17(20)15-8-10-16(18)11-9-15/h4-11H,3,12H2,1-2H3. The van der Waals surface area contributed by atoms with Gasteiger partial charge in [-0.25, -0.2) is 4.39 Å². The summed E-state index contributed by atoms with van der Waals surface area (Å²) in [6.45, 7) is 2.65. The first-order valence-electron chi connectivity index (χ1n) is 6.69. The Morgan fingerprint density at radius 3 is 2.10 bits per heavy atom. The molecule has 0 saturated heterocycles. The van der Waals surface area contributed by atoms with Crippen LogP contribution in [-0.2, 0) is 13.0 Å². The lowest BCUT2D eigenvalue weighted by Crippen LogP contribution is -2.26. The zero-order chi connectivity index (χ0) is 14.5. The first-order valence-corrected chi connectivity index (χ1v) is 6.69. The fraction of sp³-hybridized carbons (Fsp3) is 0.235. The van der Waals surface area contributed by atoms with E-state index in [1.165, 1.54) is 29.8 Å². The molecule has 3 heteroatoms. The Labute approximate surface area is 118 Å². The molecule has 2 aromatic carbocycles. The van der Waals surface area contributed by atoms with Gasteiger partial charge < -0.3 is 4.90 Å². The monoisotopic (exact) mass is 271 g/mol. The molecule has 0 saturated carbocycles. The third kappa shape index (κ3) is 3.44. The summed E-state index contributed by atoms with van der Waals surface area (Å²) >= 11 is 0. The van der Waals surface area contributed by atoms with Crippen molar-refractivity contribution in [3.63, 3.8) is 0 Å². The number of halogens is 1. The van der Waals surface area contributed by atoms with Crippen molar-refractivity contribution in [1.82, 2.24) is 4.90 Å². The summed E-state index contributed by atoms with van der Waals surface area (Å²) in [4.78, 5) is 13.8. The Kier molecular flexibility index (Phi) is 4.51. The summed E-state index contributed by atoms with van der Waals surface area (Å²) in [5, 5.41) is 0. The van der Waals surface area contributed by atoms with Crippen LogP contribution in [0.25, 0.3) is 0 Å². The third-order valence-electron chi connectivity index (χ3n) is 3.29. The van der Waals surface area contributed by atoms with Crippen molar-refractivity contribution in [2.75, 3.05) is 7.05 Å². The number of carbonyl (C=O) groups excluding carboxylic acids is 1. The van der Waals surface area contributed by atoms with Crippen LogP contribution in [-0.4, -0.2) is 17.9 Å². The largest absolute Gasteiger partial charge is 0.337 e. The lowest BCUT2D eigenvalue weighted by molar-refractivity contribution is 0.0785. The smallest absolute Gasteiger partial charge is 0.253 e. The Morgan fingerprint density at radius 1 is 1.00 bits per heavy atom. The van der Waals surface area contributed by atoms with E-state index in [9.17, 15) is 9.18 Å². The third-order valence-corrected chi connectivity index (χ3v) is 3.29. The van der Waals surface area contributed by atoms with E-state index in [1.54, 1.807) is 11.9 Å². The van der Waals surface area contributed by atoms with Gasteiger partial charge in [0.2, 0.25) is 0 Å². The summed E-state index contributed by atoms with van der Waals surface area (Å²) in [6.07, 6.45) is 1.00. The molecule has 0 atom stereocenters. The van der Waals surface area contributed by atoms with Crippen molar-refractivity contribution in [1.29, 1.82) is 0 Å². The Bertz CT molecular complexity index is 575. The van der Waals surface area contributed by atoms with Crippen molar-refractivity contribution in [3.8, 4) is 0 Å². The van der Waals surface area contributed by atoms with E-state index in [-0.39, 0.29) is 11.7 Å². The van der Waals surface area contributed by atoms with Crippen LogP contribution in [0.3, 0.4) is 0 Å². The highest BCUT2D eigenvalue weighted by molar-refractivity contribution is 5.93. The quantitative estimate of drug-likeness (QED) is 0.831. The Hall–Kier alpha value is -2.16. The van der Waals surface area contributed by atoms with Crippen LogP contribution in [0.5, 0.6) is 0 Å². The molecule has 0 aliphatic carbocycles. The first kappa shape index (κ1) is 14.3. The minimum atomic E-state index is -0.334. The fourth-order valence-electron chi connectivity index (χ4n) is 2.04. The van der Waals surface area contributed by atoms with Gasteiger partial charge in [0.1, 0.15) is 5.82 Å². The van der Waals surface area contributed by atoms with Crippen molar-refractivity contribution >= 4 is 5.91 Å². The van der Waals surface area contributed by atoms with E-state index in [4.69, 9.17) is 0 Å².